The fourth-order valence-corrected chi connectivity index (χ4v) is 2.02. The lowest BCUT2D eigenvalue weighted by Crippen LogP contribution is -2.51. The first kappa shape index (κ1) is 11.4. The van der Waals surface area contributed by atoms with Crippen LogP contribution in [0.2, 0.25) is 5.02 Å². The summed E-state index contributed by atoms with van der Waals surface area (Å²) >= 11 is 5.73. The van der Waals surface area contributed by atoms with Crippen LogP contribution in [-0.2, 0) is 0 Å². The summed E-state index contributed by atoms with van der Waals surface area (Å²) in [6.07, 6.45) is 3.00. The van der Waals surface area contributed by atoms with Crippen LogP contribution in [0.25, 0.3) is 0 Å². The summed E-state index contributed by atoms with van der Waals surface area (Å²) in [5.41, 5.74) is -0.160. The van der Waals surface area contributed by atoms with Crippen molar-refractivity contribution < 1.29 is 9.18 Å². The molecule has 0 bridgehead atoms. The van der Waals surface area contributed by atoms with Gasteiger partial charge in [0.1, 0.15) is 5.82 Å². The summed E-state index contributed by atoms with van der Waals surface area (Å²) in [5.74, 6) is -0.924. The molecule has 1 aliphatic rings. The van der Waals surface area contributed by atoms with Gasteiger partial charge in [0, 0.05) is 10.6 Å². The number of halogens is 2. The number of rotatable bonds is 2. The largest absolute Gasteiger partial charge is 0.347 e. The van der Waals surface area contributed by atoms with Crippen LogP contribution in [0.4, 0.5) is 4.39 Å². The summed E-state index contributed by atoms with van der Waals surface area (Å²) in [4.78, 5) is 11.8. The second-order valence-electron chi connectivity index (χ2n) is 4.49. The predicted molar refractivity (Wildman–Crippen MR) is 61.1 cm³/mol. The second-order valence-corrected chi connectivity index (χ2v) is 4.93. The standard InChI is InChI=1S/C12H13ClFNO/c1-12(5-2-6-12)15-11(16)9-7-8(13)3-4-10(9)14/h3-4,7H,2,5-6H2,1H3,(H,15,16). The highest BCUT2D eigenvalue weighted by atomic mass is 35.5. The molecule has 0 unspecified atom stereocenters. The highest BCUT2D eigenvalue weighted by Crippen LogP contribution is 2.31. The molecule has 1 saturated carbocycles. The molecule has 0 aromatic heterocycles. The zero-order valence-electron chi connectivity index (χ0n) is 9.02. The molecule has 0 radical (unpaired) electrons. The zero-order valence-corrected chi connectivity index (χ0v) is 9.77. The third-order valence-corrected chi connectivity index (χ3v) is 3.28. The number of hydrogen-bond donors (Lipinski definition) is 1. The SMILES string of the molecule is CC1(NC(=O)c2cc(Cl)ccc2F)CCC1. The van der Waals surface area contributed by atoms with Crippen LogP contribution in [0.5, 0.6) is 0 Å². The minimum atomic E-state index is -0.537. The molecule has 2 rings (SSSR count). The quantitative estimate of drug-likeness (QED) is 0.847. The molecule has 1 aromatic rings. The van der Waals surface area contributed by atoms with Gasteiger partial charge in [0.15, 0.2) is 0 Å². The van der Waals surface area contributed by atoms with E-state index in [0.29, 0.717) is 5.02 Å². The smallest absolute Gasteiger partial charge is 0.254 e. The van der Waals surface area contributed by atoms with Crippen molar-refractivity contribution >= 4 is 17.5 Å². The van der Waals surface area contributed by atoms with Gasteiger partial charge in [-0.3, -0.25) is 4.79 Å². The fourth-order valence-electron chi connectivity index (χ4n) is 1.85. The number of hydrogen-bond acceptors (Lipinski definition) is 1. The molecule has 1 amide bonds. The van der Waals surface area contributed by atoms with Crippen LogP contribution in [0.15, 0.2) is 18.2 Å². The number of amides is 1. The molecular weight excluding hydrogens is 229 g/mol. The Bertz CT molecular complexity index is 429. The molecule has 86 valence electrons. The van der Waals surface area contributed by atoms with Gasteiger partial charge in [-0.2, -0.15) is 0 Å². The third kappa shape index (κ3) is 2.19. The molecule has 0 saturated heterocycles. The topological polar surface area (TPSA) is 29.1 Å². The van der Waals surface area contributed by atoms with Crippen molar-refractivity contribution in [3.63, 3.8) is 0 Å². The van der Waals surface area contributed by atoms with Gasteiger partial charge in [0.05, 0.1) is 5.56 Å². The van der Waals surface area contributed by atoms with E-state index in [1.807, 2.05) is 6.92 Å². The van der Waals surface area contributed by atoms with Crippen LogP contribution in [0.1, 0.15) is 36.5 Å². The van der Waals surface area contributed by atoms with Crippen molar-refractivity contribution in [1.29, 1.82) is 0 Å². The van der Waals surface area contributed by atoms with Gasteiger partial charge in [-0.05, 0) is 44.4 Å². The molecule has 0 aliphatic heterocycles. The Kier molecular flexibility index (Phi) is 2.89. The average molecular weight is 242 g/mol. The average Bonchev–Trinajstić information content (AvgIpc) is 2.19. The Morgan fingerprint density at radius 3 is 2.75 bits per heavy atom. The summed E-state index contributed by atoms with van der Waals surface area (Å²) in [7, 11) is 0. The lowest BCUT2D eigenvalue weighted by Gasteiger charge is -2.39. The monoisotopic (exact) mass is 241 g/mol. The van der Waals surface area contributed by atoms with Crippen LogP contribution in [0, 0.1) is 5.82 Å². The molecule has 4 heteroatoms. The Hall–Kier alpha value is -1.09. The van der Waals surface area contributed by atoms with Crippen molar-refractivity contribution in [2.45, 2.75) is 31.7 Å². The Morgan fingerprint density at radius 2 is 2.19 bits per heavy atom. The zero-order chi connectivity index (χ0) is 11.8. The minimum Gasteiger partial charge on any atom is -0.347 e. The maximum atomic E-state index is 13.4. The normalized spacial score (nSPS) is 17.7. The highest BCUT2D eigenvalue weighted by Gasteiger charge is 2.33. The molecule has 2 nitrogen and oxygen atoms in total. The van der Waals surface area contributed by atoms with Gasteiger partial charge < -0.3 is 5.32 Å². The fraction of sp³-hybridized carbons (Fsp3) is 0.417. The summed E-state index contributed by atoms with van der Waals surface area (Å²) < 4.78 is 13.4. The van der Waals surface area contributed by atoms with Gasteiger partial charge in [-0.25, -0.2) is 4.39 Å². The molecule has 16 heavy (non-hydrogen) atoms. The molecule has 1 aliphatic carbocycles. The van der Waals surface area contributed by atoms with Crippen molar-refractivity contribution in [1.82, 2.24) is 5.32 Å². The molecular formula is C12H13ClFNO. The van der Waals surface area contributed by atoms with Crippen LogP contribution in [0.3, 0.4) is 0 Å². The number of benzene rings is 1. The van der Waals surface area contributed by atoms with Crippen LogP contribution >= 0.6 is 11.6 Å². The van der Waals surface area contributed by atoms with E-state index in [-0.39, 0.29) is 17.0 Å². The Labute approximate surface area is 98.8 Å². The molecule has 1 N–H and O–H groups in total. The first-order chi connectivity index (χ1) is 7.50. The van der Waals surface area contributed by atoms with Gasteiger partial charge in [-0.15, -0.1) is 0 Å². The van der Waals surface area contributed by atoms with E-state index in [9.17, 15) is 9.18 Å². The molecule has 1 aromatic carbocycles. The number of nitrogens with one attached hydrogen (secondary N) is 1. The van der Waals surface area contributed by atoms with E-state index in [4.69, 9.17) is 11.6 Å². The van der Waals surface area contributed by atoms with Crippen molar-refractivity contribution in [3.05, 3.63) is 34.6 Å². The van der Waals surface area contributed by atoms with Crippen molar-refractivity contribution in [3.8, 4) is 0 Å². The van der Waals surface area contributed by atoms with E-state index >= 15 is 0 Å². The van der Waals surface area contributed by atoms with Crippen LogP contribution in [-0.4, -0.2) is 11.4 Å². The molecule has 1 fully saturated rings. The number of carbonyl (C=O) groups excluding carboxylic acids is 1. The number of carbonyl (C=O) groups is 1. The van der Waals surface area contributed by atoms with E-state index in [1.165, 1.54) is 18.2 Å². The van der Waals surface area contributed by atoms with Gasteiger partial charge in [0.2, 0.25) is 0 Å². The molecule has 0 atom stereocenters. The molecule has 0 spiro atoms. The summed E-state index contributed by atoms with van der Waals surface area (Å²) in [5, 5.41) is 3.21. The minimum absolute atomic E-state index is 0.0145. The van der Waals surface area contributed by atoms with E-state index < -0.39 is 5.82 Å². The lowest BCUT2D eigenvalue weighted by atomic mass is 9.78. The first-order valence-electron chi connectivity index (χ1n) is 5.28. The van der Waals surface area contributed by atoms with Gasteiger partial charge in [-0.1, -0.05) is 11.6 Å². The van der Waals surface area contributed by atoms with E-state index in [1.54, 1.807) is 0 Å². The predicted octanol–water partition coefficient (Wildman–Crippen LogP) is 3.15. The highest BCUT2D eigenvalue weighted by molar-refractivity contribution is 6.31. The van der Waals surface area contributed by atoms with Crippen LogP contribution < -0.4 is 5.32 Å². The second kappa shape index (κ2) is 4.06. The van der Waals surface area contributed by atoms with E-state index in [2.05, 4.69) is 5.32 Å². The lowest BCUT2D eigenvalue weighted by molar-refractivity contribution is 0.0846. The Morgan fingerprint density at radius 1 is 1.50 bits per heavy atom. The van der Waals surface area contributed by atoms with Gasteiger partial charge in [0.25, 0.3) is 5.91 Å². The van der Waals surface area contributed by atoms with E-state index in [0.717, 1.165) is 19.3 Å². The van der Waals surface area contributed by atoms with Gasteiger partial charge >= 0.3 is 0 Å². The maximum absolute atomic E-state index is 13.4. The summed E-state index contributed by atoms with van der Waals surface area (Å²) in [6, 6.07) is 3.99. The summed E-state index contributed by atoms with van der Waals surface area (Å²) in [6.45, 7) is 1.97. The molecule has 0 heterocycles. The third-order valence-electron chi connectivity index (χ3n) is 3.05. The Balaban J connectivity index is 2.17. The first-order valence-corrected chi connectivity index (χ1v) is 5.66. The van der Waals surface area contributed by atoms with Crippen molar-refractivity contribution in [2.75, 3.05) is 0 Å². The maximum Gasteiger partial charge on any atom is 0.254 e. The van der Waals surface area contributed by atoms with Crippen molar-refractivity contribution in [2.24, 2.45) is 0 Å².